The topological polar surface area (TPSA) is 98.5 Å². The summed E-state index contributed by atoms with van der Waals surface area (Å²) in [5, 5.41) is 2.43. The van der Waals surface area contributed by atoms with Gasteiger partial charge in [0, 0.05) is 18.0 Å². The summed E-state index contributed by atoms with van der Waals surface area (Å²) in [5.74, 6) is -1.25. The maximum atomic E-state index is 13.6. The van der Waals surface area contributed by atoms with Gasteiger partial charge in [0.25, 0.3) is 0 Å². The van der Waals surface area contributed by atoms with Crippen LogP contribution in [0.4, 0.5) is 10.1 Å². The van der Waals surface area contributed by atoms with Crippen molar-refractivity contribution in [2.45, 2.75) is 19.4 Å². The predicted octanol–water partition coefficient (Wildman–Crippen LogP) is 0.925. The lowest BCUT2D eigenvalue weighted by Gasteiger charge is -2.12. The number of hydrogen-bond acceptors (Lipinski definition) is 5. The maximum absolute atomic E-state index is 13.6. The molecule has 0 saturated heterocycles. The molecular formula is C13H19FN2O4S. The number of carbonyl (C=O) groups excluding carboxylic acids is 1. The molecule has 0 bridgehead atoms. The number of anilines is 1. The first-order valence-electron chi connectivity index (χ1n) is 6.39. The number of carbonyl (C=O) groups is 1. The van der Waals surface area contributed by atoms with E-state index in [0.29, 0.717) is 6.61 Å². The number of benzene rings is 1. The second-order valence-corrected chi connectivity index (χ2v) is 6.85. The van der Waals surface area contributed by atoms with Gasteiger partial charge in [0.1, 0.15) is 9.84 Å². The van der Waals surface area contributed by atoms with Gasteiger partial charge in [0.15, 0.2) is 11.6 Å². The van der Waals surface area contributed by atoms with E-state index in [1.807, 2.05) is 0 Å². The molecule has 0 spiro atoms. The van der Waals surface area contributed by atoms with Crippen LogP contribution < -0.4 is 15.8 Å². The van der Waals surface area contributed by atoms with Crippen LogP contribution in [0.3, 0.4) is 0 Å². The van der Waals surface area contributed by atoms with Crippen LogP contribution in [0.2, 0.25) is 0 Å². The van der Waals surface area contributed by atoms with Crippen molar-refractivity contribution in [2.24, 2.45) is 5.73 Å². The van der Waals surface area contributed by atoms with Crippen LogP contribution in [-0.2, 0) is 14.6 Å². The molecular weight excluding hydrogens is 299 g/mol. The number of sulfone groups is 1. The molecule has 6 nitrogen and oxygen atoms in total. The van der Waals surface area contributed by atoms with Gasteiger partial charge >= 0.3 is 0 Å². The highest BCUT2D eigenvalue weighted by atomic mass is 32.2. The van der Waals surface area contributed by atoms with Gasteiger partial charge in [0.05, 0.1) is 18.4 Å². The van der Waals surface area contributed by atoms with E-state index in [-0.39, 0.29) is 23.6 Å². The molecule has 0 radical (unpaired) electrons. The maximum Gasteiger partial charge on any atom is 0.241 e. The molecule has 0 fully saturated rings. The Hall–Kier alpha value is -1.67. The first kappa shape index (κ1) is 17.4. The molecule has 8 heteroatoms. The van der Waals surface area contributed by atoms with Gasteiger partial charge in [-0.15, -0.1) is 0 Å². The zero-order chi connectivity index (χ0) is 16.0. The standard InChI is InChI=1S/C13H19FN2O4S/c1-3-20-12-5-4-9(8-10(12)14)16-13(17)11(15)6-7-21(2,18)19/h4-5,8,11H,3,6-7,15H2,1-2H3,(H,16,17). The summed E-state index contributed by atoms with van der Waals surface area (Å²) in [5.41, 5.74) is 5.83. The van der Waals surface area contributed by atoms with E-state index in [1.54, 1.807) is 6.92 Å². The van der Waals surface area contributed by atoms with Crippen molar-refractivity contribution in [1.29, 1.82) is 0 Å². The smallest absolute Gasteiger partial charge is 0.241 e. The Bertz CT molecular complexity index is 604. The fourth-order valence-corrected chi connectivity index (χ4v) is 2.24. The number of nitrogens with two attached hydrogens (primary N) is 1. The molecule has 1 unspecified atom stereocenters. The third-order valence-corrected chi connectivity index (χ3v) is 3.61. The largest absolute Gasteiger partial charge is 0.491 e. The third kappa shape index (κ3) is 6.09. The Balaban J connectivity index is 2.64. The van der Waals surface area contributed by atoms with Gasteiger partial charge in [-0.05, 0) is 25.5 Å². The van der Waals surface area contributed by atoms with Crippen LogP contribution in [0.5, 0.6) is 5.75 Å². The van der Waals surface area contributed by atoms with E-state index in [2.05, 4.69) is 5.32 Å². The van der Waals surface area contributed by atoms with Crippen molar-refractivity contribution in [3.8, 4) is 5.75 Å². The summed E-state index contributed by atoms with van der Waals surface area (Å²) in [6.45, 7) is 2.06. The Morgan fingerprint density at radius 1 is 1.48 bits per heavy atom. The molecule has 0 saturated carbocycles. The van der Waals surface area contributed by atoms with Crippen LogP contribution in [0.15, 0.2) is 18.2 Å². The molecule has 1 atom stereocenters. The molecule has 0 aliphatic rings. The first-order chi connectivity index (χ1) is 9.73. The van der Waals surface area contributed by atoms with Crippen molar-refractivity contribution in [2.75, 3.05) is 23.9 Å². The molecule has 1 aromatic carbocycles. The molecule has 1 rings (SSSR count). The van der Waals surface area contributed by atoms with Crippen molar-refractivity contribution >= 4 is 21.4 Å². The molecule has 3 N–H and O–H groups in total. The summed E-state index contributed by atoms with van der Waals surface area (Å²) in [7, 11) is -3.18. The van der Waals surface area contributed by atoms with Crippen molar-refractivity contribution in [1.82, 2.24) is 0 Å². The average Bonchev–Trinajstić information content (AvgIpc) is 2.38. The third-order valence-electron chi connectivity index (χ3n) is 2.64. The number of hydrogen-bond donors (Lipinski definition) is 2. The van der Waals surface area contributed by atoms with Gasteiger partial charge in [-0.25, -0.2) is 12.8 Å². The lowest BCUT2D eigenvalue weighted by atomic mass is 10.2. The normalized spacial score (nSPS) is 12.8. The van der Waals surface area contributed by atoms with E-state index in [9.17, 15) is 17.6 Å². The fourth-order valence-electron chi connectivity index (χ4n) is 1.56. The minimum Gasteiger partial charge on any atom is -0.491 e. The van der Waals surface area contributed by atoms with E-state index in [0.717, 1.165) is 12.3 Å². The number of halogens is 1. The molecule has 21 heavy (non-hydrogen) atoms. The molecule has 0 heterocycles. The number of ether oxygens (including phenoxy) is 1. The van der Waals surface area contributed by atoms with Gasteiger partial charge in [-0.2, -0.15) is 0 Å². The molecule has 0 aliphatic carbocycles. The fraction of sp³-hybridized carbons (Fsp3) is 0.462. The highest BCUT2D eigenvalue weighted by molar-refractivity contribution is 7.90. The number of nitrogens with one attached hydrogen (secondary N) is 1. The van der Waals surface area contributed by atoms with Crippen molar-refractivity contribution in [3.63, 3.8) is 0 Å². The number of amides is 1. The monoisotopic (exact) mass is 318 g/mol. The van der Waals surface area contributed by atoms with Gasteiger partial charge < -0.3 is 15.8 Å². The highest BCUT2D eigenvalue weighted by Crippen LogP contribution is 2.21. The summed E-state index contributed by atoms with van der Waals surface area (Å²) < 4.78 is 40.7. The molecule has 1 amide bonds. The van der Waals surface area contributed by atoms with E-state index < -0.39 is 27.6 Å². The zero-order valence-corrected chi connectivity index (χ0v) is 12.7. The van der Waals surface area contributed by atoms with Crippen LogP contribution in [-0.4, -0.2) is 39.0 Å². The minimum atomic E-state index is -3.18. The predicted molar refractivity (Wildman–Crippen MR) is 78.5 cm³/mol. The summed E-state index contributed by atoms with van der Waals surface area (Å²) >= 11 is 0. The second kappa shape index (κ2) is 7.37. The average molecular weight is 318 g/mol. The van der Waals surface area contributed by atoms with Crippen LogP contribution in [0.1, 0.15) is 13.3 Å². The van der Waals surface area contributed by atoms with E-state index in [1.165, 1.54) is 12.1 Å². The van der Waals surface area contributed by atoms with E-state index >= 15 is 0 Å². The van der Waals surface area contributed by atoms with Crippen molar-refractivity contribution < 1.29 is 22.3 Å². The minimum absolute atomic E-state index is 0.00415. The quantitative estimate of drug-likeness (QED) is 0.779. The van der Waals surface area contributed by atoms with Gasteiger partial charge in [-0.3, -0.25) is 4.79 Å². The zero-order valence-electron chi connectivity index (χ0n) is 11.9. The highest BCUT2D eigenvalue weighted by Gasteiger charge is 2.16. The Morgan fingerprint density at radius 2 is 2.14 bits per heavy atom. The summed E-state index contributed by atoms with van der Waals surface area (Å²) in [4.78, 5) is 11.8. The lowest BCUT2D eigenvalue weighted by molar-refractivity contribution is -0.117. The van der Waals surface area contributed by atoms with Crippen molar-refractivity contribution in [3.05, 3.63) is 24.0 Å². The molecule has 118 valence electrons. The molecule has 1 aromatic rings. The second-order valence-electron chi connectivity index (χ2n) is 4.59. The van der Waals surface area contributed by atoms with Gasteiger partial charge in [-0.1, -0.05) is 0 Å². The number of rotatable bonds is 7. The van der Waals surface area contributed by atoms with Crippen LogP contribution >= 0.6 is 0 Å². The summed E-state index contributed by atoms with van der Waals surface area (Å²) in [6.07, 6.45) is 1.07. The Kier molecular flexibility index (Phi) is 6.10. The molecule has 0 aliphatic heterocycles. The summed E-state index contributed by atoms with van der Waals surface area (Å²) in [6, 6.07) is 3.02. The first-order valence-corrected chi connectivity index (χ1v) is 8.45. The lowest BCUT2D eigenvalue weighted by Crippen LogP contribution is -2.37. The van der Waals surface area contributed by atoms with Crippen LogP contribution in [0, 0.1) is 5.82 Å². The molecule has 0 aromatic heterocycles. The Morgan fingerprint density at radius 3 is 2.67 bits per heavy atom. The van der Waals surface area contributed by atoms with Crippen LogP contribution in [0.25, 0.3) is 0 Å². The van der Waals surface area contributed by atoms with Gasteiger partial charge in [0.2, 0.25) is 5.91 Å². The Labute approximate surface area is 123 Å². The SMILES string of the molecule is CCOc1ccc(NC(=O)C(N)CCS(C)(=O)=O)cc1F. The van der Waals surface area contributed by atoms with E-state index in [4.69, 9.17) is 10.5 Å².